The summed E-state index contributed by atoms with van der Waals surface area (Å²) in [5.41, 5.74) is 1.10. The molecule has 0 bridgehead atoms. The molecule has 2 atom stereocenters. The van der Waals surface area contributed by atoms with Gasteiger partial charge in [0, 0.05) is 12.5 Å². The van der Waals surface area contributed by atoms with Crippen molar-refractivity contribution >= 4 is 22.5 Å². The Morgan fingerprint density at radius 3 is 2.96 bits per heavy atom. The van der Waals surface area contributed by atoms with Gasteiger partial charge < -0.3 is 10.1 Å². The van der Waals surface area contributed by atoms with Crippen LogP contribution in [0.15, 0.2) is 24.3 Å². The SMILES string of the molecule is COc1cccc(Cc2nnc(NC(=O)NC3CCCCC3C)s2)c1. The molecule has 2 N–H and O–H groups in total. The quantitative estimate of drug-likeness (QED) is 0.849. The number of hydrogen-bond acceptors (Lipinski definition) is 5. The molecule has 1 saturated carbocycles. The first kappa shape index (κ1) is 17.7. The number of nitrogens with zero attached hydrogens (tertiary/aromatic N) is 2. The molecule has 1 aromatic heterocycles. The van der Waals surface area contributed by atoms with Gasteiger partial charge in [-0.3, -0.25) is 5.32 Å². The summed E-state index contributed by atoms with van der Waals surface area (Å²) in [4.78, 5) is 12.2. The second-order valence-corrected chi connectivity index (χ2v) is 7.56. The number of benzene rings is 1. The van der Waals surface area contributed by atoms with Crippen LogP contribution in [0.1, 0.15) is 43.2 Å². The normalized spacial score (nSPS) is 20.1. The van der Waals surface area contributed by atoms with Crippen LogP contribution in [0, 0.1) is 5.92 Å². The van der Waals surface area contributed by atoms with Gasteiger partial charge in [-0.1, -0.05) is 43.2 Å². The molecule has 1 fully saturated rings. The van der Waals surface area contributed by atoms with Crippen LogP contribution in [0.5, 0.6) is 5.75 Å². The molecular weight excluding hydrogens is 336 g/mol. The molecule has 0 saturated heterocycles. The lowest BCUT2D eigenvalue weighted by atomic mass is 9.86. The van der Waals surface area contributed by atoms with Gasteiger partial charge in [0.25, 0.3) is 0 Å². The zero-order valence-corrected chi connectivity index (χ0v) is 15.4. The Bertz CT molecular complexity index is 719. The van der Waals surface area contributed by atoms with Gasteiger partial charge in [-0.15, -0.1) is 10.2 Å². The predicted molar refractivity (Wildman–Crippen MR) is 99.3 cm³/mol. The molecule has 25 heavy (non-hydrogen) atoms. The summed E-state index contributed by atoms with van der Waals surface area (Å²) in [6, 6.07) is 7.92. The third kappa shape index (κ3) is 4.92. The Morgan fingerprint density at radius 2 is 2.16 bits per heavy atom. The average molecular weight is 360 g/mol. The van der Waals surface area contributed by atoms with E-state index in [-0.39, 0.29) is 12.1 Å². The minimum absolute atomic E-state index is 0.192. The highest BCUT2D eigenvalue weighted by Gasteiger charge is 2.23. The summed E-state index contributed by atoms with van der Waals surface area (Å²) < 4.78 is 5.23. The molecule has 0 spiro atoms. The summed E-state index contributed by atoms with van der Waals surface area (Å²) in [6.45, 7) is 2.20. The summed E-state index contributed by atoms with van der Waals surface area (Å²) in [6.07, 6.45) is 5.32. The lowest BCUT2D eigenvalue weighted by Gasteiger charge is -2.29. The van der Waals surface area contributed by atoms with E-state index in [1.165, 1.54) is 30.6 Å². The van der Waals surface area contributed by atoms with Crippen molar-refractivity contribution < 1.29 is 9.53 Å². The van der Waals surface area contributed by atoms with Gasteiger partial charge in [-0.25, -0.2) is 4.79 Å². The van der Waals surface area contributed by atoms with Crippen molar-refractivity contribution in [1.82, 2.24) is 15.5 Å². The highest BCUT2D eigenvalue weighted by Crippen LogP contribution is 2.24. The Morgan fingerprint density at radius 1 is 1.32 bits per heavy atom. The van der Waals surface area contributed by atoms with Crippen LogP contribution in [-0.2, 0) is 6.42 Å². The van der Waals surface area contributed by atoms with Crippen molar-refractivity contribution in [3.05, 3.63) is 34.8 Å². The number of methoxy groups -OCH3 is 1. The number of carbonyl (C=O) groups is 1. The first-order valence-electron chi connectivity index (χ1n) is 8.67. The monoisotopic (exact) mass is 360 g/mol. The van der Waals surface area contributed by atoms with E-state index in [9.17, 15) is 4.79 Å². The Hall–Kier alpha value is -2.15. The highest BCUT2D eigenvalue weighted by molar-refractivity contribution is 7.15. The third-order valence-electron chi connectivity index (χ3n) is 4.60. The van der Waals surface area contributed by atoms with E-state index in [1.807, 2.05) is 24.3 Å². The predicted octanol–water partition coefficient (Wildman–Crippen LogP) is 3.84. The van der Waals surface area contributed by atoms with Crippen LogP contribution in [0.3, 0.4) is 0 Å². The lowest BCUT2D eigenvalue weighted by Crippen LogP contribution is -2.43. The molecule has 134 valence electrons. The van der Waals surface area contributed by atoms with Gasteiger partial charge in [0.15, 0.2) is 0 Å². The number of hydrogen-bond donors (Lipinski definition) is 2. The molecule has 3 rings (SSSR count). The molecular formula is C18H24N4O2S. The second kappa shape index (κ2) is 8.29. The second-order valence-electron chi connectivity index (χ2n) is 6.50. The van der Waals surface area contributed by atoms with E-state index in [2.05, 4.69) is 27.8 Å². The zero-order valence-electron chi connectivity index (χ0n) is 14.6. The molecule has 2 aromatic rings. The largest absolute Gasteiger partial charge is 0.497 e. The highest BCUT2D eigenvalue weighted by atomic mass is 32.1. The van der Waals surface area contributed by atoms with Gasteiger partial charge >= 0.3 is 6.03 Å². The minimum Gasteiger partial charge on any atom is -0.497 e. The minimum atomic E-state index is -0.192. The number of aromatic nitrogens is 2. The molecule has 1 aromatic carbocycles. The van der Waals surface area contributed by atoms with E-state index in [0.717, 1.165) is 22.7 Å². The number of carbonyl (C=O) groups excluding carboxylic acids is 1. The topological polar surface area (TPSA) is 76.1 Å². The molecule has 2 unspecified atom stereocenters. The van der Waals surface area contributed by atoms with E-state index in [4.69, 9.17) is 4.74 Å². The Kier molecular flexibility index (Phi) is 5.86. The number of ether oxygens (including phenoxy) is 1. The van der Waals surface area contributed by atoms with Gasteiger partial charge in [0.05, 0.1) is 7.11 Å². The molecule has 2 amide bonds. The van der Waals surface area contributed by atoms with Gasteiger partial charge in [0.2, 0.25) is 5.13 Å². The molecule has 7 heteroatoms. The number of rotatable bonds is 5. The fraction of sp³-hybridized carbons (Fsp3) is 0.500. The van der Waals surface area contributed by atoms with Crippen LogP contribution in [0.2, 0.25) is 0 Å². The van der Waals surface area contributed by atoms with Gasteiger partial charge in [-0.05, 0) is 36.5 Å². The summed E-state index contributed by atoms with van der Waals surface area (Å²) >= 11 is 1.40. The first-order chi connectivity index (χ1) is 12.1. The molecule has 1 heterocycles. The van der Waals surface area contributed by atoms with Crippen molar-refractivity contribution in [1.29, 1.82) is 0 Å². The first-order valence-corrected chi connectivity index (χ1v) is 9.48. The van der Waals surface area contributed by atoms with Crippen molar-refractivity contribution in [2.24, 2.45) is 5.92 Å². The van der Waals surface area contributed by atoms with Crippen molar-refractivity contribution in [3.63, 3.8) is 0 Å². The Labute approximate surface area is 152 Å². The van der Waals surface area contributed by atoms with Crippen LogP contribution < -0.4 is 15.4 Å². The molecule has 6 nitrogen and oxygen atoms in total. The van der Waals surface area contributed by atoms with E-state index < -0.39 is 0 Å². The van der Waals surface area contributed by atoms with Gasteiger partial charge in [0.1, 0.15) is 10.8 Å². The van der Waals surface area contributed by atoms with Crippen molar-refractivity contribution in [3.8, 4) is 5.75 Å². The van der Waals surface area contributed by atoms with Crippen molar-refractivity contribution in [2.45, 2.75) is 45.1 Å². The standard InChI is InChI=1S/C18H24N4O2S/c1-12-6-3-4-9-15(12)19-17(23)20-18-22-21-16(25-18)11-13-7-5-8-14(10-13)24-2/h5,7-8,10,12,15H,3-4,6,9,11H2,1-2H3,(H2,19,20,22,23). The van der Waals surface area contributed by atoms with Crippen LogP contribution >= 0.6 is 11.3 Å². The fourth-order valence-corrected chi connectivity index (χ4v) is 3.93. The maximum atomic E-state index is 12.2. The smallest absolute Gasteiger partial charge is 0.321 e. The molecule has 0 aliphatic heterocycles. The maximum Gasteiger partial charge on any atom is 0.321 e. The lowest BCUT2D eigenvalue weighted by molar-refractivity contribution is 0.232. The van der Waals surface area contributed by atoms with E-state index >= 15 is 0 Å². The number of anilines is 1. The van der Waals surface area contributed by atoms with Crippen molar-refractivity contribution in [2.75, 3.05) is 12.4 Å². The average Bonchev–Trinajstić information content (AvgIpc) is 3.04. The number of nitrogens with one attached hydrogen (secondary N) is 2. The fourth-order valence-electron chi connectivity index (χ4n) is 3.16. The van der Waals surface area contributed by atoms with E-state index in [0.29, 0.717) is 17.5 Å². The molecule has 1 aliphatic rings. The summed E-state index contributed by atoms with van der Waals surface area (Å²) in [7, 11) is 1.65. The Balaban J connectivity index is 1.54. The third-order valence-corrected chi connectivity index (χ3v) is 5.44. The van der Waals surface area contributed by atoms with Crippen LogP contribution in [0.4, 0.5) is 9.93 Å². The summed E-state index contributed by atoms with van der Waals surface area (Å²) in [5, 5.41) is 15.5. The number of urea groups is 1. The van der Waals surface area contributed by atoms with Gasteiger partial charge in [-0.2, -0.15) is 0 Å². The number of amides is 2. The zero-order chi connectivity index (χ0) is 17.6. The molecule has 1 aliphatic carbocycles. The van der Waals surface area contributed by atoms with Crippen LogP contribution in [0.25, 0.3) is 0 Å². The summed E-state index contributed by atoms with van der Waals surface area (Å²) in [5.74, 6) is 1.35. The van der Waals surface area contributed by atoms with Crippen LogP contribution in [-0.4, -0.2) is 29.4 Å². The molecule has 0 radical (unpaired) electrons. The van der Waals surface area contributed by atoms with E-state index in [1.54, 1.807) is 7.11 Å². The maximum absolute atomic E-state index is 12.2.